The van der Waals surface area contributed by atoms with E-state index in [4.69, 9.17) is 4.74 Å². The van der Waals surface area contributed by atoms with E-state index in [-0.39, 0.29) is 5.91 Å². The molecule has 0 atom stereocenters. The summed E-state index contributed by atoms with van der Waals surface area (Å²) in [6.45, 7) is 6.06. The van der Waals surface area contributed by atoms with Gasteiger partial charge in [0.15, 0.2) is 0 Å². The molecular formula is C19H24N4O2. The molecule has 0 saturated carbocycles. The topological polar surface area (TPSA) is 67.3 Å². The number of hydrogen-bond donors (Lipinski definition) is 1. The van der Waals surface area contributed by atoms with E-state index in [0.29, 0.717) is 22.9 Å². The first-order valence-electron chi connectivity index (χ1n) is 8.61. The highest BCUT2D eigenvalue weighted by Gasteiger charge is 2.19. The Bertz CT molecular complexity index is 738. The Hall–Kier alpha value is -2.63. The normalized spacial score (nSPS) is 15.1. The number of carbonyl (C=O) groups excluding carboxylic acids is 1. The third-order valence-electron chi connectivity index (χ3n) is 4.63. The molecule has 1 aromatic carbocycles. The molecule has 1 aliphatic heterocycles. The maximum atomic E-state index is 12.5. The van der Waals surface area contributed by atoms with Crippen molar-refractivity contribution in [2.75, 3.05) is 30.4 Å². The highest BCUT2D eigenvalue weighted by atomic mass is 16.5. The molecule has 0 unspecified atom stereocenters. The van der Waals surface area contributed by atoms with E-state index in [0.717, 1.165) is 37.6 Å². The summed E-state index contributed by atoms with van der Waals surface area (Å²) in [5.74, 6) is 2.01. The van der Waals surface area contributed by atoms with Crippen molar-refractivity contribution >= 4 is 17.5 Å². The van der Waals surface area contributed by atoms with Crippen molar-refractivity contribution in [2.45, 2.75) is 26.7 Å². The van der Waals surface area contributed by atoms with E-state index in [1.807, 2.05) is 6.92 Å². The third kappa shape index (κ3) is 4.07. The molecule has 0 bridgehead atoms. The molecule has 0 aliphatic carbocycles. The molecule has 2 heterocycles. The van der Waals surface area contributed by atoms with Crippen LogP contribution in [-0.2, 0) is 0 Å². The van der Waals surface area contributed by atoms with Crippen LogP contribution in [0.3, 0.4) is 0 Å². The fraction of sp³-hybridized carbons (Fsp3) is 0.421. The summed E-state index contributed by atoms with van der Waals surface area (Å²) < 4.78 is 5.12. The molecule has 0 spiro atoms. The SMILES string of the molecule is COc1ccc(NC(=O)c2cnc(N3CCC(C)CC3)nc2C)cc1. The Balaban J connectivity index is 1.70. The first kappa shape index (κ1) is 17.2. The lowest BCUT2D eigenvalue weighted by Crippen LogP contribution is -2.34. The van der Waals surface area contributed by atoms with Crippen molar-refractivity contribution in [3.8, 4) is 5.75 Å². The Kier molecular flexibility index (Phi) is 5.16. The molecule has 25 heavy (non-hydrogen) atoms. The first-order chi connectivity index (χ1) is 12.1. The van der Waals surface area contributed by atoms with Gasteiger partial charge in [0.25, 0.3) is 5.91 Å². The quantitative estimate of drug-likeness (QED) is 0.925. The first-order valence-corrected chi connectivity index (χ1v) is 8.61. The minimum atomic E-state index is -0.207. The number of methoxy groups -OCH3 is 1. The zero-order valence-corrected chi connectivity index (χ0v) is 15.0. The molecule has 1 amide bonds. The molecule has 2 aromatic rings. The zero-order valence-electron chi connectivity index (χ0n) is 15.0. The Morgan fingerprint density at radius 1 is 1.24 bits per heavy atom. The number of anilines is 2. The Morgan fingerprint density at radius 2 is 1.92 bits per heavy atom. The lowest BCUT2D eigenvalue weighted by Gasteiger charge is -2.30. The number of nitrogens with one attached hydrogen (secondary N) is 1. The number of aromatic nitrogens is 2. The zero-order chi connectivity index (χ0) is 17.8. The summed E-state index contributed by atoms with van der Waals surface area (Å²) in [6, 6.07) is 7.21. The minimum absolute atomic E-state index is 0.207. The van der Waals surface area contributed by atoms with Crippen LogP contribution in [-0.4, -0.2) is 36.1 Å². The number of amides is 1. The van der Waals surface area contributed by atoms with E-state index in [2.05, 4.69) is 27.1 Å². The second-order valence-corrected chi connectivity index (χ2v) is 6.52. The summed E-state index contributed by atoms with van der Waals surface area (Å²) in [4.78, 5) is 23.6. The van der Waals surface area contributed by atoms with Crippen molar-refractivity contribution in [3.63, 3.8) is 0 Å². The Labute approximate surface area is 148 Å². The number of piperidine rings is 1. The van der Waals surface area contributed by atoms with Gasteiger partial charge in [0.2, 0.25) is 5.95 Å². The van der Waals surface area contributed by atoms with E-state index in [9.17, 15) is 4.79 Å². The van der Waals surface area contributed by atoms with Gasteiger partial charge in [-0.3, -0.25) is 4.79 Å². The molecule has 0 radical (unpaired) electrons. The van der Waals surface area contributed by atoms with Crippen LogP contribution in [0.1, 0.15) is 35.8 Å². The van der Waals surface area contributed by atoms with Gasteiger partial charge < -0.3 is 15.0 Å². The van der Waals surface area contributed by atoms with E-state index < -0.39 is 0 Å². The van der Waals surface area contributed by atoms with Gasteiger partial charge in [-0.25, -0.2) is 9.97 Å². The van der Waals surface area contributed by atoms with Gasteiger partial charge in [0, 0.05) is 25.0 Å². The fourth-order valence-corrected chi connectivity index (χ4v) is 2.91. The maximum absolute atomic E-state index is 12.5. The van der Waals surface area contributed by atoms with Crippen molar-refractivity contribution in [3.05, 3.63) is 41.7 Å². The van der Waals surface area contributed by atoms with Crippen LogP contribution in [0.25, 0.3) is 0 Å². The van der Waals surface area contributed by atoms with Crippen LogP contribution in [0.15, 0.2) is 30.5 Å². The fourth-order valence-electron chi connectivity index (χ4n) is 2.91. The highest BCUT2D eigenvalue weighted by Crippen LogP contribution is 2.21. The molecule has 1 saturated heterocycles. The van der Waals surface area contributed by atoms with Crippen LogP contribution < -0.4 is 15.0 Å². The molecule has 6 nitrogen and oxygen atoms in total. The summed E-state index contributed by atoms with van der Waals surface area (Å²) in [7, 11) is 1.61. The van der Waals surface area contributed by atoms with Crippen LogP contribution in [0.2, 0.25) is 0 Å². The second kappa shape index (κ2) is 7.51. The molecule has 1 aromatic heterocycles. The predicted octanol–water partition coefficient (Wildman–Crippen LogP) is 3.28. The smallest absolute Gasteiger partial charge is 0.259 e. The summed E-state index contributed by atoms with van der Waals surface area (Å²) >= 11 is 0. The number of rotatable bonds is 4. The van der Waals surface area contributed by atoms with Gasteiger partial charge in [-0.05, 0) is 49.9 Å². The summed E-state index contributed by atoms with van der Waals surface area (Å²) in [5, 5.41) is 2.87. The van der Waals surface area contributed by atoms with Gasteiger partial charge in [0.1, 0.15) is 5.75 Å². The molecule has 1 aliphatic rings. The number of nitrogens with zero attached hydrogens (tertiary/aromatic N) is 3. The molecular weight excluding hydrogens is 316 g/mol. The highest BCUT2D eigenvalue weighted by molar-refractivity contribution is 6.04. The summed E-state index contributed by atoms with van der Waals surface area (Å²) in [5.41, 5.74) is 1.89. The van der Waals surface area contributed by atoms with Crippen molar-refractivity contribution in [1.29, 1.82) is 0 Å². The van der Waals surface area contributed by atoms with Crippen molar-refractivity contribution < 1.29 is 9.53 Å². The van der Waals surface area contributed by atoms with E-state index in [1.54, 1.807) is 37.6 Å². The summed E-state index contributed by atoms with van der Waals surface area (Å²) in [6.07, 6.45) is 3.93. The number of benzene rings is 1. The van der Waals surface area contributed by atoms with Gasteiger partial charge in [0.05, 0.1) is 18.4 Å². The van der Waals surface area contributed by atoms with Crippen LogP contribution in [0, 0.1) is 12.8 Å². The lowest BCUT2D eigenvalue weighted by atomic mass is 10.00. The monoisotopic (exact) mass is 340 g/mol. The predicted molar refractivity (Wildman–Crippen MR) is 98.3 cm³/mol. The molecule has 6 heteroatoms. The van der Waals surface area contributed by atoms with Gasteiger partial charge in [-0.2, -0.15) is 0 Å². The third-order valence-corrected chi connectivity index (χ3v) is 4.63. The molecule has 132 valence electrons. The Morgan fingerprint density at radius 3 is 2.52 bits per heavy atom. The van der Waals surface area contributed by atoms with Gasteiger partial charge in [-0.1, -0.05) is 6.92 Å². The van der Waals surface area contributed by atoms with E-state index >= 15 is 0 Å². The number of carbonyl (C=O) groups is 1. The van der Waals surface area contributed by atoms with Crippen molar-refractivity contribution in [1.82, 2.24) is 9.97 Å². The lowest BCUT2D eigenvalue weighted by molar-refractivity contribution is 0.102. The molecule has 1 fully saturated rings. The average molecular weight is 340 g/mol. The van der Waals surface area contributed by atoms with Crippen LogP contribution in [0.4, 0.5) is 11.6 Å². The molecule has 1 N–H and O–H groups in total. The van der Waals surface area contributed by atoms with Crippen LogP contribution >= 0.6 is 0 Å². The number of aryl methyl sites for hydroxylation is 1. The number of ether oxygens (including phenoxy) is 1. The van der Waals surface area contributed by atoms with Gasteiger partial charge >= 0.3 is 0 Å². The standard InChI is InChI=1S/C19H24N4O2/c1-13-8-10-23(11-9-13)19-20-12-17(14(2)21-19)18(24)22-15-4-6-16(25-3)7-5-15/h4-7,12-13H,8-11H2,1-3H3,(H,22,24). The largest absolute Gasteiger partial charge is 0.497 e. The van der Waals surface area contributed by atoms with Crippen molar-refractivity contribution in [2.24, 2.45) is 5.92 Å². The second-order valence-electron chi connectivity index (χ2n) is 6.52. The molecule has 3 rings (SSSR count). The average Bonchev–Trinajstić information content (AvgIpc) is 2.62. The maximum Gasteiger partial charge on any atom is 0.259 e. The number of hydrogen-bond acceptors (Lipinski definition) is 5. The van der Waals surface area contributed by atoms with E-state index in [1.165, 1.54) is 0 Å². The van der Waals surface area contributed by atoms with Crippen LogP contribution in [0.5, 0.6) is 5.75 Å². The minimum Gasteiger partial charge on any atom is -0.497 e. The van der Waals surface area contributed by atoms with Gasteiger partial charge in [-0.15, -0.1) is 0 Å².